The number of likely N-dealkylation sites (N-methyl/N-ethyl adjacent to an activating group) is 2. The van der Waals surface area contributed by atoms with Crippen LogP contribution in [0.1, 0.15) is 42.3 Å². The van der Waals surface area contributed by atoms with Crippen LogP contribution < -0.4 is 9.46 Å². The topological polar surface area (TPSA) is 131 Å². The van der Waals surface area contributed by atoms with Gasteiger partial charge in [-0.3, -0.25) is 4.79 Å². The summed E-state index contributed by atoms with van der Waals surface area (Å²) >= 11 is 0. The monoisotopic (exact) mass is 581 g/mol. The summed E-state index contributed by atoms with van der Waals surface area (Å²) in [5.74, 6) is -0.530. The highest BCUT2D eigenvalue weighted by atomic mass is 32.2. The molecule has 2 amide bonds. The molecule has 4 bridgehead atoms. The third-order valence-electron chi connectivity index (χ3n) is 6.35. The number of nitrogens with zero attached hydrogens (tertiary/aromatic N) is 4. The maximum Gasteiger partial charge on any atom is 0.410 e. The van der Waals surface area contributed by atoms with Gasteiger partial charge in [0.15, 0.2) is 0 Å². The van der Waals surface area contributed by atoms with Gasteiger partial charge in [-0.2, -0.15) is 4.98 Å². The highest BCUT2D eigenvalue weighted by Crippen LogP contribution is 2.30. The smallest absolute Gasteiger partial charge is 0.410 e. The van der Waals surface area contributed by atoms with Crippen molar-refractivity contribution in [3.8, 4) is 17.1 Å². The minimum Gasteiger partial charge on any atom is -0.470 e. The Morgan fingerprint density at radius 2 is 1.78 bits per heavy atom. The van der Waals surface area contributed by atoms with Gasteiger partial charge in [-0.15, -0.1) is 0 Å². The van der Waals surface area contributed by atoms with Crippen LogP contribution in [0.3, 0.4) is 0 Å². The van der Waals surface area contributed by atoms with Crippen molar-refractivity contribution in [2.75, 3.05) is 31.9 Å². The molecule has 4 rings (SSSR count). The summed E-state index contributed by atoms with van der Waals surface area (Å²) in [5.41, 5.74) is 2.60. The molecule has 1 aliphatic rings. The third-order valence-corrected chi connectivity index (χ3v) is 7.68. The molecule has 2 heterocycles. The predicted molar refractivity (Wildman–Crippen MR) is 154 cm³/mol. The quantitative estimate of drug-likeness (QED) is 0.486. The first-order chi connectivity index (χ1) is 19.1. The molecule has 218 valence electrons. The van der Waals surface area contributed by atoms with Crippen LogP contribution >= 0.6 is 0 Å². The molecule has 11 nitrogen and oxygen atoms in total. The lowest BCUT2D eigenvalue weighted by atomic mass is 10.00. The van der Waals surface area contributed by atoms with Crippen LogP contribution in [-0.2, 0) is 14.8 Å². The van der Waals surface area contributed by atoms with Gasteiger partial charge in [0.2, 0.25) is 11.8 Å². The molecule has 41 heavy (non-hydrogen) atoms. The van der Waals surface area contributed by atoms with E-state index in [0.717, 1.165) is 16.7 Å². The van der Waals surface area contributed by atoms with Gasteiger partial charge in [-0.25, -0.2) is 22.9 Å². The highest BCUT2D eigenvalue weighted by molar-refractivity contribution is 7.92. The summed E-state index contributed by atoms with van der Waals surface area (Å²) in [7, 11) is -0.994. The van der Waals surface area contributed by atoms with E-state index >= 15 is 0 Å². The molecule has 1 aliphatic heterocycles. The lowest BCUT2D eigenvalue weighted by Crippen LogP contribution is -2.45. The van der Waals surface area contributed by atoms with Gasteiger partial charge in [-0.1, -0.05) is 24.3 Å². The predicted octanol–water partition coefficient (Wildman–Crippen LogP) is 4.26. The molecule has 0 unspecified atom stereocenters. The second-order valence-corrected chi connectivity index (χ2v) is 12.8. The zero-order valence-electron chi connectivity index (χ0n) is 24.3. The Kier molecular flexibility index (Phi) is 8.25. The molecule has 1 N–H and O–H groups in total. The van der Waals surface area contributed by atoms with Crippen LogP contribution in [0, 0.1) is 13.8 Å². The number of fused-ring (bicyclic) bond motifs is 4. The van der Waals surface area contributed by atoms with Crippen molar-refractivity contribution in [1.29, 1.82) is 0 Å². The fraction of sp³-hybridized carbons (Fsp3) is 0.379. The van der Waals surface area contributed by atoms with Crippen molar-refractivity contribution in [3.05, 3.63) is 65.2 Å². The number of aryl methyl sites for hydroxylation is 2. The first-order valence-electron chi connectivity index (χ1n) is 13.1. The molecule has 0 aliphatic carbocycles. The summed E-state index contributed by atoms with van der Waals surface area (Å²) in [6.45, 7) is 9.29. The molecule has 2 aromatic carbocycles. The molecule has 0 spiro atoms. The number of sulfonamides is 1. The minimum atomic E-state index is -4.15. The number of carbonyl (C=O) groups excluding carboxylic acids is 2. The molecular formula is C29H35N5O6S. The van der Waals surface area contributed by atoms with Crippen molar-refractivity contribution in [2.24, 2.45) is 0 Å². The number of carbonyl (C=O) groups is 2. The second kappa shape index (κ2) is 11.4. The summed E-state index contributed by atoms with van der Waals surface area (Å²) in [6, 6.07) is 13.1. The Morgan fingerprint density at radius 1 is 1.12 bits per heavy atom. The van der Waals surface area contributed by atoms with Crippen LogP contribution in [-0.4, -0.2) is 79.1 Å². The molecule has 1 aromatic heterocycles. The van der Waals surface area contributed by atoms with E-state index < -0.39 is 33.7 Å². The van der Waals surface area contributed by atoms with Gasteiger partial charge >= 0.3 is 6.09 Å². The van der Waals surface area contributed by atoms with E-state index in [-0.39, 0.29) is 35.4 Å². The van der Waals surface area contributed by atoms with Crippen molar-refractivity contribution in [1.82, 2.24) is 19.8 Å². The summed E-state index contributed by atoms with van der Waals surface area (Å²) in [5, 5.41) is 0. The fourth-order valence-corrected chi connectivity index (χ4v) is 5.47. The number of hydrogen-bond acceptors (Lipinski definition) is 8. The highest BCUT2D eigenvalue weighted by Gasteiger charge is 2.28. The van der Waals surface area contributed by atoms with Gasteiger partial charge in [0.05, 0.1) is 23.7 Å². The number of amides is 2. The maximum absolute atomic E-state index is 13.3. The van der Waals surface area contributed by atoms with Crippen molar-refractivity contribution >= 4 is 28.0 Å². The summed E-state index contributed by atoms with van der Waals surface area (Å²) in [6.07, 6.45) is -1.31. The maximum atomic E-state index is 13.3. The Hall–Kier alpha value is -4.19. The molecule has 1 atom stereocenters. The van der Waals surface area contributed by atoms with E-state index in [9.17, 15) is 18.0 Å². The summed E-state index contributed by atoms with van der Waals surface area (Å²) < 4.78 is 40.9. The number of hydrogen-bond donors (Lipinski definition) is 1. The zero-order valence-corrected chi connectivity index (χ0v) is 25.1. The van der Waals surface area contributed by atoms with Gasteiger partial charge < -0.3 is 19.3 Å². The average Bonchev–Trinajstić information content (AvgIpc) is 2.86. The molecular weight excluding hydrogens is 546 g/mol. The number of anilines is 1. The molecule has 0 radical (unpaired) electrons. The molecule has 0 saturated heterocycles. The third kappa shape index (κ3) is 7.12. The fourth-order valence-electron chi connectivity index (χ4n) is 4.48. The van der Waals surface area contributed by atoms with Crippen molar-refractivity contribution < 1.29 is 27.5 Å². The number of benzene rings is 2. The van der Waals surface area contributed by atoms with E-state index in [1.807, 2.05) is 32.0 Å². The first kappa shape index (κ1) is 29.8. The molecule has 12 heteroatoms. The Morgan fingerprint density at radius 3 is 2.44 bits per heavy atom. The van der Waals surface area contributed by atoms with Crippen molar-refractivity contribution in [2.45, 2.75) is 51.2 Å². The van der Waals surface area contributed by atoms with E-state index in [4.69, 9.17) is 9.47 Å². The molecule has 0 fully saturated rings. The SMILES string of the molecule is Cc1cccc(C)c1-c1cc2nc(n1)NS(=O)(=O)c1cccc(c1)C(=O)N(C)C[C@@H](CN(C)C(=O)OC(C)(C)C)O2. The molecule has 0 saturated carbocycles. The lowest BCUT2D eigenvalue weighted by molar-refractivity contribution is 0.0201. The van der Waals surface area contributed by atoms with Gasteiger partial charge in [0, 0.05) is 31.3 Å². The van der Waals surface area contributed by atoms with Gasteiger partial charge in [-0.05, 0) is 63.9 Å². The standard InChI is InChI=1S/C29H35N5O6S/c1-18-10-8-11-19(2)25(18)23-15-24-31-27(30-23)32-41(37,38)22-13-9-12-20(14-22)26(35)33(6)16-21(39-24)17-34(7)28(36)40-29(3,4)5/h8-15,21H,16-17H2,1-7H3,(H,30,31,32)/t21-/m0/s1. The summed E-state index contributed by atoms with van der Waals surface area (Å²) in [4.78, 5) is 37.6. The van der Waals surface area contributed by atoms with Crippen LogP contribution in [0.5, 0.6) is 5.88 Å². The number of aromatic nitrogens is 2. The van der Waals surface area contributed by atoms with Crippen LogP contribution in [0.25, 0.3) is 11.3 Å². The number of ether oxygens (including phenoxy) is 2. The van der Waals surface area contributed by atoms with E-state index in [1.165, 1.54) is 34.1 Å². The Balaban J connectivity index is 1.83. The Labute approximate surface area is 240 Å². The second-order valence-electron chi connectivity index (χ2n) is 11.1. The van der Waals surface area contributed by atoms with Crippen LogP contribution in [0.2, 0.25) is 0 Å². The zero-order chi connectivity index (χ0) is 30.1. The normalized spacial score (nSPS) is 16.8. The number of rotatable bonds is 3. The number of nitrogens with one attached hydrogen (secondary N) is 1. The van der Waals surface area contributed by atoms with Gasteiger partial charge in [0.1, 0.15) is 11.7 Å². The van der Waals surface area contributed by atoms with Crippen LogP contribution in [0.4, 0.5) is 10.7 Å². The lowest BCUT2D eigenvalue weighted by Gasteiger charge is -2.30. The first-order valence-corrected chi connectivity index (χ1v) is 14.6. The molecule has 3 aromatic rings. The van der Waals surface area contributed by atoms with Crippen LogP contribution in [0.15, 0.2) is 53.4 Å². The van der Waals surface area contributed by atoms with E-state index in [0.29, 0.717) is 5.69 Å². The largest absolute Gasteiger partial charge is 0.470 e. The van der Waals surface area contributed by atoms with E-state index in [2.05, 4.69) is 14.7 Å². The van der Waals surface area contributed by atoms with Crippen molar-refractivity contribution in [3.63, 3.8) is 0 Å². The van der Waals surface area contributed by atoms with E-state index in [1.54, 1.807) is 40.9 Å². The van der Waals surface area contributed by atoms with Gasteiger partial charge in [0.25, 0.3) is 15.9 Å². The minimum absolute atomic E-state index is 0.0519. The Bertz CT molecular complexity index is 1560. The average molecular weight is 582 g/mol.